The van der Waals surface area contributed by atoms with Gasteiger partial charge >= 0.3 is 6.03 Å². The van der Waals surface area contributed by atoms with Gasteiger partial charge in [0.05, 0.1) is 36.4 Å². The first kappa shape index (κ1) is 23.9. The van der Waals surface area contributed by atoms with Crippen molar-refractivity contribution >= 4 is 11.7 Å². The maximum atomic E-state index is 14.2. The van der Waals surface area contributed by atoms with Crippen molar-refractivity contribution < 1.29 is 18.7 Å². The van der Waals surface area contributed by atoms with Crippen LogP contribution < -0.4 is 10.6 Å². The number of urea groups is 1. The summed E-state index contributed by atoms with van der Waals surface area (Å²) in [6.45, 7) is 4.29. The molecule has 4 rings (SSSR count). The highest BCUT2D eigenvalue weighted by atomic mass is 19.1. The van der Waals surface area contributed by atoms with Crippen LogP contribution in [0.4, 0.5) is 9.18 Å². The number of nitrogens with zero attached hydrogens (tertiary/aromatic N) is 3. The first-order valence-corrected chi connectivity index (χ1v) is 11.4. The fourth-order valence-electron chi connectivity index (χ4n) is 4.30. The number of carbonyl (C=O) groups is 1. The molecule has 182 valence electrons. The molecule has 1 unspecified atom stereocenters. The number of methoxy groups -OCH3 is 1. The van der Waals surface area contributed by atoms with Crippen molar-refractivity contribution in [2.75, 3.05) is 40.5 Å². The number of carbonyl (C=O) groups excluding carboxylic acids is 1. The van der Waals surface area contributed by atoms with E-state index in [-0.39, 0.29) is 12.1 Å². The molecule has 9 nitrogen and oxygen atoms in total. The number of amides is 2. The number of pyridine rings is 1. The predicted molar refractivity (Wildman–Crippen MR) is 126 cm³/mol. The van der Waals surface area contributed by atoms with E-state index in [1.54, 1.807) is 35.3 Å². The number of ether oxygens (including phenoxy) is 2. The van der Waals surface area contributed by atoms with Gasteiger partial charge in [0.25, 0.3) is 0 Å². The topological polar surface area (TPSA) is 103 Å². The van der Waals surface area contributed by atoms with Crippen LogP contribution >= 0.6 is 0 Å². The summed E-state index contributed by atoms with van der Waals surface area (Å²) in [5.74, 6) is -0.426. The largest absolute Gasteiger partial charge is 0.381 e. The normalized spacial score (nSPS) is 22.1. The number of rotatable bonds is 7. The zero-order valence-electron chi connectivity index (χ0n) is 19.7. The molecule has 1 saturated heterocycles. The molecule has 0 saturated carbocycles. The summed E-state index contributed by atoms with van der Waals surface area (Å²) in [4.78, 5) is 20.4. The highest BCUT2D eigenvalue weighted by Gasteiger charge is 2.31. The summed E-state index contributed by atoms with van der Waals surface area (Å²) in [5.41, 5.74) is 3.98. The van der Waals surface area contributed by atoms with E-state index in [4.69, 9.17) is 14.9 Å². The van der Waals surface area contributed by atoms with Gasteiger partial charge in [-0.15, -0.1) is 0 Å². The van der Waals surface area contributed by atoms with Gasteiger partial charge in [0.15, 0.2) is 12.1 Å². The summed E-state index contributed by atoms with van der Waals surface area (Å²) in [6.07, 6.45) is 5.05. The van der Waals surface area contributed by atoms with Crippen molar-refractivity contribution in [3.8, 4) is 0 Å². The molecule has 3 aliphatic rings. The Labute approximate surface area is 198 Å². The minimum Gasteiger partial charge on any atom is -0.381 e. The van der Waals surface area contributed by atoms with Gasteiger partial charge in [0, 0.05) is 57.3 Å². The number of nitrogens with one attached hydrogen (secondary N) is 3. The molecule has 0 aliphatic carbocycles. The molecule has 1 fully saturated rings. The molecule has 3 N–H and O–H groups in total. The van der Waals surface area contributed by atoms with Crippen molar-refractivity contribution in [3.05, 3.63) is 64.7 Å². The van der Waals surface area contributed by atoms with Crippen LogP contribution in [0.1, 0.15) is 37.1 Å². The van der Waals surface area contributed by atoms with Gasteiger partial charge in [-0.05, 0) is 37.1 Å². The molecule has 0 bridgehead atoms. The zero-order valence-corrected chi connectivity index (χ0v) is 19.7. The Hall–Kier alpha value is -3.24. The van der Waals surface area contributed by atoms with Crippen LogP contribution in [0.25, 0.3) is 0 Å². The molecule has 3 aliphatic heterocycles. The second-order valence-corrected chi connectivity index (χ2v) is 8.52. The zero-order chi connectivity index (χ0) is 24.2. The third-order valence-electron chi connectivity index (χ3n) is 6.34. The number of halogens is 1. The number of dihydropyridines is 1. The molecule has 2 atom stereocenters. The number of hydrogen-bond acceptors (Lipinski definition) is 7. The van der Waals surface area contributed by atoms with Crippen LogP contribution in [-0.2, 0) is 9.47 Å². The average Bonchev–Trinajstić information content (AvgIpc) is 3.03. The lowest BCUT2D eigenvalue weighted by Gasteiger charge is -2.24. The van der Waals surface area contributed by atoms with Crippen LogP contribution in [0, 0.1) is 5.41 Å². The van der Waals surface area contributed by atoms with E-state index in [1.807, 2.05) is 13.0 Å². The minimum absolute atomic E-state index is 0.0183. The van der Waals surface area contributed by atoms with Gasteiger partial charge in [-0.3, -0.25) is 10.4 Å². The summed E-state index contributed by atoms with van der Waals surface area (Å²) in [6, 6.07) is 3.46. The fraction of sp³-hybridized carbons (Fsp3) is 0.458. The van der Waals surface area contributed by atoms with E-state index < -0.39 is 12.1 Å². The maximum absolute atomic E-state index is 14.2. The fourth-order valence-corrected chi connectivity index (χ4v) is 4.30. The highest BCUT2D eigenvalue weighted by molar-refractivity contribution is 6.11. The van der Waals surface area contributed by atoms with Gasteiger partial charge in [0.1, 0.15) is 0 Å². The third kappa shape index (κ3) is 4.97. The predicted octanol–water partition coefficient (Wildman–Crippen LogP) is 2.80. The molecular formula is C24H31FN6O3. The quantitative estimate of drug-likeness (QED) is 0.530. The molecule has 0 aromatic carbocycles. The van der Waals surface area contributed by atoms with Gasteiger partial charge in [-0.1, -0.05) is 0 Å². The Bertz CT molecular complexity index is 1050. The van der Waals surface area contributed by atoms with E-state index in [1.165, 1.54) is 13.2 Å². The summed E-state index contributed by atoms with van der Waals surface area (Å²) >= 11 is 0. The van der Waals surface area contributed by atoms with E-state index in [9.17, 15) is 9.18 Å². The van der Waals surface area contributed by atoms with E-state index in [2.05, 4.69) is 15.6 Å². The van der Waals surface area contributed by atoms with Gasteiger partial charge in [0.2, 0.25) is 0 Å². The SMILES string of the molecule is COC1NC=C(NC2=C(C(=N)c3ccnc([C@H](C)N4CCN(C)C4=O)c3)CCOCC2)C=C1F. The summed E-state index contributed by atoms with van der Waals surface area (Å²) in [5, 5.41) is 15.1. The standard InChI is InChI=1S/C24H31FN6O3/c1-15(31-9-8-30(2)24(31)32)21-12-16(4-7-27-21)22(26)18-5-10-34-11-6-20(18)29-17-13-19(25)23(33-3)28-14-17/h4,7,12-15,23,26,28-29H,5-6,8-11H2,1-3H3/t15-,23?/m0/s1. The molecular weight excluding hydrogens is 439 g/mol. The molecule has 1 aromatic rings. The lowest BCUT2D eigenvalue weighted by molar-refractivity contribution is 0.0938. The van der Waals surface area contributed by atoms with Crippen LogP contribution in [0.3, 0.4) is 0 Å². The van der Waals surface area contributed by atoms with Crippen LogP contribution in [0.5, 0.6) is 0 Å². The number of hydrogen-bond donors (Lipinski definition) is 3. The Morgan fingerprint density at radius 1 is 1.38 bits per heavy atom. The van der Waals surface area contributed by atoms with E-state index in [0.29, 0.717) is 56.1 Å². The van der Waals surface area contributed by atoms with Gasteiger partial charge in [-0.2, -0.15) is 0 Å². The molecule has 34 heavy (non-hydrogen) atoms. The van der Waals surface area contributed by atoms with Gasteiger partial charge in [-0.25, -0.2) is 9.18 Å². The Morgan fingerprint density at radius 3 is 2.88 bits per heavy atom. The molecule has 0 radical (unpaired) electrons. The lowest BCUT2D eigenvalue weighted by atomic mass is 9.96. The molecule has 0 spiro atoms. The van der Waals surface area contributed by atoms with Crippen molar-refractivity contribution in [1.82, 2.24) is 25.4 Å². The summed E-state index contributed by atoms with van der Waals surface area (Å²) < 4.78 is 24.9. The van der Waals surface area contributed by atoms with Gasteiger partial charge < -0.3 is 29.9 Å². The molecule has 4 heterocycles. The second-order valence-electron chi connectivity index (χ2n) is 8.52. The van der Waals surface area contributed by atoms with E-state index in [0.717, 1.165) is 17.0 Å². The second kappa shape index (κ2) is 10.4. The lowest BCUT2D eigenvalue weighted by Crippen LogP contribution is -2.32. The highest BCUT2D eigenvalue weighted by Crippen LogP contribution is 2.26. The van der Waals surface area contributed by atoms with Crippen LogP contribution in [0.2, 0.25) is 0 Å². The molecule has 1 aromatic heterocycles. The number of aromatic nitrogens is 1. The Kier molecular flexibility index (Phi) is 7.28. The smallest absolute Gasteiger partial charge is 0.320 e. The average molecular weight is 471 g/mol. The molecule has 10 heteroatoms. The number of allylic oxidation sites excluding steroid dienone is 1. The van der Waals surface area contributed by atoms with Crippen LogP contribution in [0.15, 0.2) is 53.4 Å². The monoisotopic (exact) mass is 470 g/mol. The minimum atomic E-state index is -0.797. The van der Waals surface area contributed by atoms with Crippen molar-refractivity contribution in [3.63, 3.8) is 0 Å². The van der Waals surface area contributed by atoms with Crippen molar-refractivity contribution in [2.24, 2.45) is 0 Å². The third-order valence-corrected chi connectivity index (χ3v) is 6.34. The Balaban J connectivity index is 1.58. The number of likely N-dealkylation sites (N-methyl/N-ethyl adjacent to an activating group) is 1. The maximum Gasteiger partial charge on any atom is 0.320 e. The summed E-state index contributed by atoms with van der Waals surface area (Å²) in [7, 11) is 3.22. The van der Waals surface area contributed by atoms with E-state index >= 15 is 0 Å². The Morgan fingerprint density at radius 2 is 2.18 bits per heavy atom. The first-order chi connectivity index (χ1) is 16.4. The van der Waals surface area contributed by atoms with Crippen molar-refractivity contribution in [1.29, 1.82) is 5.41 Å². The first-order valence-electron chi connectivity index (χ1n) is 11.4. The molecule has 2 amide bonds. The van der Waals surface area contributed by atoms with Crippen LogP contribution in [-0.4, -0.2) is 73.2 Å². The van der Waals surface area contributed by atoms with Crippen molar-refractivity contribution in [2.45, 2.75) is 32.0 Å².